The second-order valence-corrected chi connectivity index (χ2v) is 4.92. The summed E-state index contributed by atoms with van der Waals surface area (Å²) >= 11 is 5.99. The monoisotopic (exact) mass is 225 g/mol. The number of rotatable bonds is 2. The molecular weight excluding hydrogens is 210 g/mol. The van der Waals surface area contributed by atoms with Crippen molar-refractivity contribution in [3.8, 4) is 5.75 Å². The predicted octanol–water partition coefficient (Wildman–Crippen LogP) is 2.65. The maximum atomic E-state index is 10.0. The Morgan fingerprint density at radius 1 is 1.47 bits per heavy atom. The second-order valence-electron chi connectivity index (χ2n) is 4.51. The van der Waals surface area contributed by atoms with Crippen molar-refractivity contribution >= 4 is 11.6 Å². The zero-order valence-corrected chi connectivity index (χ0v) is 9.86. The number of benzene rings is 1. The average molecular weight is 226 g/mol. The first-order valence-corrected chi connectivity index (χ1v) is 5.59. The molecule has 1 fully saturated rings. The van der Waals surface area contributed by atoms with Crippen LogP contribution in [-0.4, -0.2) is 11.7 Å². The third kappa shape index (κ3) is 1.52. The van der Waals surface area contributed by atoms with Gasteiger partial charge in [-0.25, -0.2) is 0 Å². The van der Waals surface area contributed by atoms with Crippen LogP contribution in [0, 0.1) is 13.8 Å². The lowest BCUT2D eigenvalue weighted by molar-refractivity contribution is 0.458. The minimum Gasteiger partial charge on any atom is -0.506 e. The van der Waals surface area contributed by atoms with Gasteiger partial charge in [0.05, 0.1) is 5.02 Å². The fourth-order valence-electron chi connectivity index (χ4n) is 2.22. The highest BCUT2D eigenvalue weighted by molar-refractivity contribution is 6.32. The van der Waals surface area contributed by atoms with Crippen LogP contribution in [0.4, 0.5) is 0 Å². The molecule has 0 aliphatic heterocycles. The van der Waals surface area contributed by atoms with Gasteiger partial charge in [0.2, 0.25) is 0 Å². The van der Waals surface area contributed by atoms with Crippen LogP contribution in [0.2, 0.25) is 5.02 Å². The van der Waals surface area contributed by atoms with Gasteiger partial charge in [-0.1, -0.05) is 11.6 Å². The molecule has 15 heavy (non-hydrogen) atoms. The molecule has 0 aromatic heterocycles. The van der Waals surface area contributed by atoms with E-state index >= 15 is 0 Å². The lowest BCUT2D eigenvalue weighted by Gasteiger charge is -2.20. The van der Waals surface area contributed by atoms with E-state index in [1.807, 2.05) is 19.9 Å². The molecule has 0 spiro atoms. The average Bonchev–Trinajstić information content (AvgIpc) is 2.96. The van der Waals surface area contributed by atoms with Crippen LogP contribution in [0.5, 0.6) is 5.75 Å². The van der Waals surface area contributed by atoms with Crippen molar-refractivity contribution in [2.75, 3.05) is 6.54 Å². The first-order valence-electron chi connectivity index (χ1n) is 5.21. The van der Waals surface area contributed by atoms with E-state index in [0.29, 0.717) is 11.6 Å². The Morgan fingerprint density at radius 3 is 2.53 bits per heavy atom. The van der Waals surface area contributed by atoms with E-state index in [9.17, 15) is 5.11 Å². The molecular formula is C12H16ClNO. The van der Waals surface area contributed by atoms with Crippen molar-refractivity contribution in [2.24, 2.45) is 5.73 Å². The Bertz CT molecular complexity index is 384. The van der Waals surface area contributed by atoms with Crippen LogP contribution in [0.15, 0.2) is 6.07 Å². The Morgan fingerprint density at radius 2 is 2.07 bits per heavy atom. The number of phenols is 1. The van der Waals surface area contributed by atoms with Crippen molar-refractivity contribution in [3.05, 3.63) is 27.8 Å². The van der Waals surface area contributed by atoms with Crippen molar-refractivity contribution in [2.45, 2.75) is 32.1 Å². The van der Waals surface area contributed by atoms with Crippen LogP contribution < -0.4 is 5.73 Å². The zero-order valence-electron chi connectivity index (χ0n) is 9.10. The molecule has 3 heteroatoms. The lowest BCUT2D eigenvalue weighted by atomic mass is 9.89. The highest BCUT2D eigenvalue weighted by atomic mass is 35.5. The molecule has 0 radical (unpaired) electrons. The van der Waals surface area contributed by atoms with Crippen LogP contribution in [-0.2, 0) is 5.41 Å². The van der Waals surface area contributed by atoms with E-state index in [1.54, 1.807) is 0 Å². The summed E-state index contributed by atoms with van der Waals surface area (Å²) in [5.74, 6) is 0.225. The minimum absolute atomic E-state index is 0.0101. The minimum atomic E-state index is -0.0101. The highest BCUT2D eigenvalue weighted by Gasteiger charge is 2.46. The van der Waals surface area contributed by atoms with E-state index in [4.69, 9.17) is 17.3 Å². The molecule has 82 valence electrons. The van der Waals surface area contributed by atoms with Gasteiger partial charge in [0.25, 0.3) is 0 Å². The number of phenolic OH excluding ortho intramolecular Hbond substituents is 1. The summed E-state index contributed by atoms with van der Waals surface area (Å²) in [5, 5.41) is 10.5. The molecule has 0 bridgehead atoms. The number of halogens is 1. The van der Waals surface area contributed by atoms with Gasteiger partial charge in [0.1, 0.15) is 5.75 Å². The first kappa shape index (κ1) is 10.8. The number of aromatic hydroxyl groups is 1. The molecule has 1 aliphatic carbocycles. The van der Waals surface area contributed by atoms with E-state index in [0.717, 1.165) is 29.5 Å². The summed E-state index contributed by atoms with van der Waals surface area (Å²) in [6, 6.07) is 1.81. The van der Waals surface area contributed by atoms with Crippen molar-refractivity contribution in [1.29, 1.82) is 0 Å². The van der Waals surface area contributed by atoms with Gasteiger partial charge < -0.3 is 10.8 Å². The topological polar surface area (TPSA) is 46.2 Å². The summed E-state index contributed by atoms with van der Waals surface area (Å²) in [7, 11) is 0. The maximum absolute atomic E-state index is 10.0. The standard InChI is InChI=1S/C12H16ClNO/c1-7-5-9(13)11(15)10(8(7)2)12(6-14)3-4-12/h5,15H,3-4,6,14H2,1-2H3. The molecule has 0 amide bonds. The van der Waals surface area contributed by atoms with Crippen LogP contribution >= 0.6 is 11.6 Å². The van der Waals surface area contributed by atoms with Gasteiger partial charge in [-0.15, -0.1) is 0 Å². The second kappa shape index (κ2) is 3.39. The van der Waals surface area contributed by atoms with Gasteiger partial charge in [0, 0.05) is 17.5 Å². The van der Waals surface area contributed by atoms with E-state index in [-0.39, 0.29) is 11.2 Å². The highest BCUT2D eigenvalue weighted by Crippen LogP contribution is 2.53. The van der Waals surface area contributed by atoms with Crippen molar-refractivity contribution in [3.63, 3.8) is 0 Å². The van der Waals surface area contributed by atoms with E-state index in [2.05, 4.69) is 0 Å². The summed E-state index contributed by atoms with van der Waals surface area (Å²) in [5.41, 5.74) is 8.98. The maximum Gasteiger partial charge on any atom is 0.138 e. The van der Waals surface area contributed by atoms with Gasteiger partial charge >= 0.3 is 0 Å². The van der Waals surface area contributed by atoms with Gasteiger partial charge in [-0.2, -0.15) is 0 Å². The molecule has 2 rings (SSSR count). The molecule has 3 N–H and O–H groups in total. The summed E-state index contributed by atoms with van der Waals surface area (Å²) in [6.07, 6.45) is 2.11. The Kier molecular flexibility index (Phi) is 2.44. The number of aryl methyl sites for hydroxylation is 1. The zero-order chi connectivity index (χ0) is 11.2. The Hall–Kier alpha value is -0.730. The van der Waals surface area contributed by atoms with Gasteiger partial charge in [0.15, 0.2) is 0 Å². The Labute approximate surface area is 95.1 Å². The Balaban J connectivity index is 2.64. The predicted molar refractivity (Wildman–Crippen MR) is 62.6 cm³/mol. The van der Waals surface area contributed by atoms with Crippen LogP contribution in [0.25, 0.3) is 0 Å². The summed E-state index contributed by atoms with van der Waals surface area (Å²) < 4.78 is 0. The normalized spacial score (nSPS) is 17.9. The SMILES string of the molecule is Cc1cc(Cl)c(O)c(C2(CN)CC2)c1C. The molecule has 0 heterocycles. The smallest absolute Gasteiger partial charge is 0.138 e. The summed E-state index contributed by atoms with van der Waals surface area (Å²) in [4.78, 5) is 0. The number of hydrogen-bond donors (Lipinski definition) is 2. The molecule has 0 atom stereocenters. The van der Waals surface area contributed by atoms with Crippen LogP contribution in [0.3, 0.4) is 0 Å². The molecule has 2 nitrogen and oxygen atoms in total. The van der Waals surface area contributed by atoms with Gasteiger partial charge in [-0.3, -0.25) is 0 Å². The van der Waals surface area contributed by atoms with Crippen molar-refractivity contribution < 1.29 is 5.11 Å². The molecule has 1 aromatic rings. The van der Waals surface area contributed by atoms with E-state index < -0.39 is 0 Å². The number of hydrogen-bond acceptors (Lipinski definition) is 2. The molecule has 0 saturated heterocycles. The number of nitrogens with two attached hydrogens (primary N) is 1. The third-order valence-corrected chi connectivity index (χ3v) is 3.84. The van der Waals surface area contributed by atoms with Crippen molar-refractivity contribution in [1.82, 2.24) is 0 Å². The first-order chi connectivity index (χ1) is 7.02. The molecule has 0 unspecified atom stereocenters. The molecule has 1 saturated carbocycles. The molecule has 1 aliphatic rings. The summed E-state index contributed by atoms with van der Waals surface area (Å²) in [6.45, 7) is 4.62. The largest absolute Gasteiger partial charge is 0.506 e. The van der Waals surface area contributed by atoms with Crippen LogP contribution in [0.1, 0.15) is 29.5 Å². The molecule has 1 aromatic carbocycles. The van der Waals surface area contributed by atoms with E-state index in [1.165, 1.54) is 0 Å². The van der Waals surface area contributed by atoms with Gasteiger partial charge in [-0.05, 0) is 43.9 Å². The fraction of sp³-hybridized carbons (Fsp3) is 0.500. The fourth-order valence-corrected chi connectivity index (χ4v) is 2.48. The quantitative estimate of drug-likeness (QED) is 0.813. The lowest BCUT2D eigenvalue weighted by Crippen LogP contribution is -2.21. The third-order valence-electron chi connectivity index (χ3n) is 3.55.